The highest BCUT2D eigenvalue weighted by molar-refractivity contribution is 5.98. The predicted molar refractivity (Wildman–Crippen MR) is 220 cm³/mol. The number of aliphatic imine (C=N–C) groups is 1. The van der Waals surface area contributed by atoms with Gasteiger partial charge < -0.3 is 64.6 Å². The topological polar surface area (TPSA) is 423 Å². The van der Waals surface area contributed by atoms with E-state index in [2.05, 4.69) is 62.1 Å². The number of aromatic amines is 1. The van der Waals surface area contributed by atoms with Crippen molar-refractivity contribution in [2.45, 2.75) is 82.7 Å². The SMILES string of the molecule is CNC(=O)[C@H](CC(=O)O)NC(=O)[C@H](C)NC(=O)[C@H](CCCN=C(N)N)NC(=O)[C@H](C)NC(=O)CC[C@H](NC(=O)c1ccc(NCc2cnc3nc(N)[nH]c(=O)c3n2)cc1)C(=O)O. The number of carbonyl (C=O) groups is 8. The number of carboxylic acid groups (broad SMARTS) is 2. The minimum absolute atomic E-state index is 0.00463. The molecule has 62 heavy (non-hydrogen) atoms. The highest BCUT2D eigenvalue weighted by atomic mass is 16.4. The molecule has 0 aliphatic heterocycles. The van der Waals surface area contributed by atoms with E-state index in [4.69, 9.17) is 22.3 Å². The number of nitrogens with one attached hydrogen (secondary N) is 8. The zero-order valence-corrected chi connectivity index (χ0v) is 33.8. The molecule has 2 aromatic heterocycles. The normalized spacial score (nSPS) is 13.1. The third-order valence-electron chi connectivity index (χ3n) is 8.73. The Kier molecular flexibility index (Phi) is 18.0. The van der Waals surface area contributed by atoms with Gasteiger partial charge in [0, 0.05) is 31.3 Å². The molecule has 0 saturated carbocycles. The van der Waals surface area contributed by atoms with Gasteiger partial charge in [0.25, 0.3) is 11.5 Å². The Hall–Kier alpha value is -7.93. The Bertz CT molecular complexity index is 2230. The molecule has 5 atom stereocenters. The van der Waals surface area contributed by atoms with Gasteiger partial charge in [-0.2, -0.15) is 4.98 Å². The Labute approximate surface area is 352 Å². The number of aliphatic carboxylic acids is 2. The lowest BCUT2D eigenvalue weighted by atomic mass is 10.1. The molecule has 26 nitrogen and oxygen atoms in total. The van der Waals surface area contributed by atoms with Crippen molar-refractivity contribution in [3.8, 4) is 0 Å². The molecule has 0 saturated heterocycles. The molecule has 0 aliphatic rings. The number of likely N-dealkylation sites (N-methyl/N-ethyl adjacent to an activating group) is 1. The van der Waals surface area contributed by atoms with Crippen molar-refractivity contribution >= 4 is 76.1 Å². The molecule has 3 rings (SSSR count). The minimum Gasteiger partial charge on any atom is -0.481 e. The van der Waals surface area contributed by atoms with Crippen molar-refractivity contribution in [1.82, 2.24) is 51.8 Å². The minimum atomic E-state index is -1.50. The van der Waals surface area contributed by atoms with E-state index in [1.807, 2.05) is 0 Å². The van der Waals surface area contributed by atoms with Crippen molar-refractivity contribution in [2.24, 2.45) is 16.5 Å². The molecule has 16 N–H and O–H groups in total. The van der Waals surface area contributed by atoms with E-state index in [1.165, 1.54) is 39.2 Å². The number of nitrogen functional groups attached to an aromatic ring is 1. The molecule has 6 amide bonds. The van der Waals surface area contributed by atoms with Gasteiger partial charge in [0.15, 0.2) is 17.1 Å². The maximum Gasteiger partial charge on any atom is 0.326 e. The molecule has 3 aromatic rings. The molecule has 0 unspecified atom stereocenters. The van der Waals surface area contributed by atoms with Crippen LogP contribution >= 0.6 is 0 Å². The molecule has 2 heterocycles. The van der Waals surface area contributed by atoms with Crippen LogP contribution in [-0.2, 0) is 40.1 Å². The van der Waals surface area contributed by atoms with Crippen LogP contribution in [0.25, 0.3) is 11.2 Å². The third kappa shape index (κ3) is 15.3. The average Bonchev–Trinajstić information content (AvgIpc) is 3.21. The zero-order valence-electron chi connectivity index (χ0n) is 33.8. The second-order valence-electron chi connectivity index (χ2n) is 13.6. The van der Waals surface area contributed by atoms with Crippen LogP contribution in [0.5, 0.6) is 0 Å². The summed E-state index contributed by atoms with van der Waals surface area (Å²) < 4.78 is 0. The molecule has 0 aliphatic carbocycles. The monoisotopic (exact) mass is 867 g/mol. The van der Waals surface area contributed by atoms with Gasteiger partial charge in [-0.05, 0) is 57.4 Å². The number of nitrogens with zero attached hydrogens (tertiary/aromatic N) is 4. The summed E-state index contributed by atoms with van der Waals surface area (Å²) in [6.45, 7) is 2.79. The zero-order chi connectivity index (χ0) is 46.1. The Morgan fingerprint density at radius 2 is 1.45 bits per heavy atom. The standard InChI is InChI=1S/C36H49N15O11/c1-16(28(55)47-21(5-4-12-41-35(37)38)32(59)45-17(2)29(56)49-23(13-25(53)54)31(58)40-3)44-24(52)11-10-22(34(61)62)48-30(57)18-6-8-19(9-7-18)42-14-20-15-43-27-26(46-20)33(60)51-36(39)50-27/h6-9,15-17,21-23,42H,4-5,10-14H2,1-3H3,(H,40,58)(H,44,52)(H,45,59)(H,47,55)(H,48,57)(H,49,56)(H,53,54)(H,61,62)(H4,37,38,41)(H3,39,43,50,51,60)/t16-,17-,21-,22-,23-/m0/s1. The summed E-state index contributed by atoms with van der Waals surface area (Å²) >= 11 is 0. The molecule has 1 aromatic carbocycles. The van der Waals surface area contributed by atoms with Crippen LogP contribution in [-0.4, -0.2) is 127 Å². The number of carboxylic acids is 2. The van der Waals surface area contributed by atoms with Gasteiger partial charge in [-0.1, -0.05) is 0 Å². The summed E-state index contributed by atoms with van der Waals surface area (Å²) in [5, 5.41) is 36.0. The molecule has 0 fully saturated rings. The summed E-state index contributed by atoms with van der Waals surface area (Å²) in [5.74, 6) is -7.94. The number of hydrogen-bond donors (Lipinski definition) is 13. The summed E-state index contributed by atoms with van der Waals surface area (Å²) in [6.07, 6.45) is 0.0333. The van der Waals surface area contributed by atoms with Crippen LogP contribution in [0, 0.1) is 0 Å². The fourth-order valence-electron chi connectivity index (χ4n) is 5.45. The van der Waals surface area contributed by atoms with Crippen LogP contribution < -0.4 is 60.0 Å². The summed E-state index contributed by atoms with van der Waals surface area (Å²) in [4.78, 5) is 131. The van der Waals surface area contributed by atoms with Crippen molar-refractivity contribution in [3.63, 3.8) is 0 Å². The second kappa shape index (κ2) is 23.0. The predicted octanol–water partition coefficient (Wildman–Crippen LogP) is -3.88. The maximum absolute atomic E-state index is 13.2. The van der Waals surface area contributed by atoms with Gasteiger partial charge in [0.1, 0.15) is 30.2 Å². The van der Waals surface area contributed by atoms with E-state index < -0.39 is 96.0 Å². The lowest BCUT2D eigenvalue weighted by molar-refractivity contribution is -0.141. The number of guanidine groups is 1. The number of benzene rings is 1. The molecule has 334 valence electrons. The quantitative estimate of drug-likeness (QED) is 0.0246. The van der Waals surface area contributed by atoms with Crippen molar-refractivity contribution in [1.29, 1.82) is 0 Å². The number of carbonyl (C=O) groups excluding carboxylic acids is 6. The van der Waals surface area contributed by atoms with Crippen molar-refractivity contribution in [3.05, 3.63) is 52.1 Å². The highest BCUT2D eigenvalue weighted by Gasteiger charge is 2.30. The van der Waals surface area contributed by atoms with Gasteiger partial charge >= 0.3 is 11.9 Å². The van der Waals surface area contributed by atoms with Gasteiger partial charge in [0.2, 0.25) is 35.5 Å². The van der Waals surface area contributed by atoms with Crippen LogP contribution in [0.1, 0.15) is 62.0 Å². The first-order valence-electron chi connectivity index (χ1n) is 18.9. The lowest BCUT2D eigenvalue weighted by Crippen LogP contribution is -2.57. The summed E-state index contributed by atoms with van der Waals surface area (Å²) in [5.41, 5.74) is 16.8. The van der Waals surface area contributed by atoms with E-state index in [-0.39, 0.29) is 61.0 Å². The van der Waals surface area contributed by atoms with E-state index >= 15 is 0 Å². The molecule has 0 bridgehead atoms. The summed E-state index contributed by atoms with van der Waals surface area (Å²) in [7, 11) is 1.25. The number of nitrogens with two attached hydrogens (primary N) is 3. The fraction of sp³-hybridized carbons (Fsp3) is 0.417. The Balaban J connectivity index is 1.54. The highest BCUT2D eigenvalue weighted by Crippen LogP contribution is 2.13. The van der Waals surface area contributed by atoms with Gasteiger partial charge in [0.05, 0.1) is 24.9 Å². The Morgan fingerprint density at radius 1 is 0.806 bits per heavy atom. The molecular formula is C36H49N15O11. The van der Waals surface area contributed by atoms with E-state index in [9.17, 15) is 48.3 Å². The van der Waals surface area contributed by atoms with Crippen LogP contribution in [0.2, 0.25) is 0 Å². The molecule has 26 heteroatoms. The second-order valence-corrected chi connectivity index (χ2v) is 13.6. The first-order valence-corrected chi connectivity index (χ1v) is 18.9. The van der Waals surface area contributed by atoms with E-state index in [0.29, 0.717) is 11.4 Å². The van der Waals surface area contributed by atoms with Gasteiger partial charge in [-0.25, -0.2) is 14.8 Å². The first-order chi connectivity index (χ1) is 29.3. The van der Waals surface area contributed by atoms with Crippen molar-refractivity contribution in [2.75, 3.05) is 24.6 Å². The molecule has 0 radical (unpaired) electrons. The number of anilines is 2. The summed E-state index contributed by atoms with van der Waals surface area (Å²) in [6, 6.07) is -0.801. The number of rotatable bonds is 23. The molecular weight excluding hydrogens is 818 g/mol. The number of H-pyrrole nitrogens is 1. The van der Waals surface area contributed by atoms with E-state index in [1.54, 1.807) is 12.1 Å². The maximum atomic E-state index is 13.2. The van der Waals surface area contributed by atoms with Gasteiger partial charge in [-0.15, -0.1) is 0 Å². The van der Waals surface area contributed by atoms with Gasteiger partial charge in [-0.3, -0.25) is 48.3 Å². The molecule has 0 spiro atoms. The third-order valence-corrected chi connectivity index (χ3v) is 8.73. The number of amides is 6. The first kappa shape index (κ1) is 48.4. The number of hydrogen-bond acceptors (Lipinski definition) is 15. The van der Waals surface area contributed by atoms with Crippen LogP contribution in [0.4, 0.5) is 11.6 Å². The number of fused-ring (bicyclic) bond motifs is 1. The van der Waals surface area contributed by atoms with Crippen LogP contribution in [0.3, 0.4) is 0 Å². The Morgan fingerprint density at radius 3 is 2.06 bits per heavy atom. The number of aromatic nitrogens is 4. The van der Waals surface area contributed by atoms with Crippen LogP contribution in [0.15, 0.2) is 40.2 Å². The lowest BCUT2D eigenvalue weighted by Gasteiger charge is -2.24. The largest absolute Gasteiger partial charge is 0.481 e. The average molecular weight is 868 g/mol. The van der Waals surface area contributed by atoms with E-state index in [0.717, 1.165) is 0 Å². The van der Waals surface area contributed by atoms with Crippen molar-refractivity contribution < 1.29 is 48.6 Å². The fourth-order valence-corrected chi connectivity index (χ4v) is 5.45. The smallest absolute Gasteiger partial charge is 0.326 e.